The lowest BCUT2D eigenvalue weighted by Crippen LogP contribution is -2.28. The Balaban J connectivity index is 2.68. The van der Waals surface area contributed by atoms with Crippen LogP contribution in [0.4, 0.5) is 0 Å². The summed E-state index contributed by atoms with van der Waals surface area (Å²) in [5.41, 5.74) is 0. The third-order valence-corrected chi connectivity index (χ3v) is 5.00. The molecule has 0 aromatic heterocycles. The average molecular weight is 306 g/mol. The van der Waals surface area contributed by atoms with Crippen molar-refractivity contribution in [3.05, 3.63) is 29.3 Å². The Morgan fingerprint density at radius 1 is 1.32 bits per heavy atom. The molecule has 1 aromatic carbocycles. The maximum absolute atomic E-state index is 12.2. The lowest BCUT2D eigenvalue weighted by molar-refractivity contribution is -0.137. The molecule has 0 aliphatic carbocycles. The van der Waals surface area contributed by atoms with Gasteiger partial charge in [-0.25, -0.2) is 12.7 Å². The number of carboxylic acids is 1. The van der Waals surface area contributed by atoms with E-state index in [1.165, 1.54) is 23.5 Å². The van der Waals surface area contributed by atoms with E-state index < -0.39 is 16.0 Å². The van der Waals surface area contributed by atoms with Crippen molar-refractivity contribution in [2.75, 3.05) is 13.6 Å². The summed E-state index contributed by atoms with van der Waals surface area (Å²) in [7, 11) is -2.16. The third-order valence-electron chi connectivity index (χ3n) is 2.64. The predicted molar refractivity (Wildman–Crippen MR) is 72.8 cm³/mol. The highest BCUT2D eigenvalue weighted by molar-refractivity contribution is 7.89. The zero-order valence-corrected chi connectivity index (χ0v) is 12.1. The molecule has 0 bridgehead atoms. The van der Waals surface area contributed by atoms with E-state index in [0.717, 1.165) is 0 Å². The number of unbranched alkanes of at least 4 members (excludes halogenated alkanes) is 1. The molecule has 19 heavy (non-hydrogen) atoms. The van der Waals surface area contributed by atoms with Gasteiger partial charge in [-0.3, -0.25) is 4.79 Å². The van der Waals surface area contributed by atoms with Crippen LogP contribution in [0.2, 0.25) is 5.02 Å². The van der Waals surface area contributed by atoms with E-state index in [1.54, 1.807) is 12.1 Å². The van der Waals surface area contributed by atoms with E-state index >= 15 is 0 Å². The Bertz CT molecular complexity index is 544. The minimum atomic E-state index is -3.62. The van der Waals surface area contributed by atoms with Gasteiger partial charge in [-0.05, 0) is 25.0 Å². The lowest BCUT2D eigenvalue weighted by atomic mass is 10.2. The van der Waals surface area contributed by atoms with E-state index in [0.29, 0.717) is 12.8 Å². The van der Waals surface area contributed by atoms with Gasteiger partial charge in [-0.15, -0.1) is 0 Å². The van der Waals surface area contributed by atoms with Gasteiger partial charge in [-0.1, -0.05) is 23.7 Å². The summed E-state index contributed by atoms with van der Waals surface area (Å²) in [6.45, 7) is 0.265. The smallest absolute Gasteiger partial charge is 0.303 e. The number of hydrogen-bond acceptors (Lipinski definition) is 3. The molecular formula is C12H16ClNO4S. The number of carboxylic acid groups (broad SMARTS) is 1. The minimum Gasteiger partial charge on any atom is -0.481 e. The first-order chi connectivity index (χ1) is 8.85. The van der Waals surface area contributed by atoms with Gasteiger partial charge in [-0.2, -0.15) is 0 Å². The van der Waals surface area contributed by atoms with Gasteiger partial charge in [0.05, 0.1) is 5.02 Å². The van der Waals surface area contributed by atoms with Crippen LogP contribution in [0.5, 0.6) is 0 Å². The van der Waals surface area contributed by atoms with Gasteiger partial charge in [0.1, 0.15) is 4.90 Å². The summed E-state index contributed by atoms with van der Waals surface area (Å²) in [5, 5.41) is 8.68. The fourth-order valence-corrected chi connectivity index (χ4v) is 3.25. The predicted octanol–water partition coefficient (Wildman–Crippen LogP) is 2.22. The zero-order valence-electron chi connectivity index (χ0n) is 10.5. The number of nitrogens with zero attached hydrogens (tertiary/aromatic N) is 1. The second-order valence-corrected chi connectivity index (χ2v) is 6.53. The van der Waals surface area contributed by atoms with Crippen molar-refractivity contribution in [3.63, 3.8) is 0 Å². The van der Waals surface area contributed by atoms with Gasteiger partial charge in [0, 0.05) is 20.0 Å². The SMILES string of the molecule is CN(CCCCC(=O)O)S(=O)(=O)c1ccccc1Cl. The summed E-state index contributed by atoms with van der Waals surface area (Å²) in [6, 6.07) is 6.24. The Labute approximate surface area is 117 Å². The molecule has 0 spiro atoms. The molecule has 106 valence electrons. The average Bonchev–Trinajstić information content (AvgIpc) is 2.34. The van der Waals surface area contributed by atoms with Gasteiger partial charge in [0.2, 0.25) is 10.0 Å². The fraction of sp³-hybridized carbons (Fsp3) is 0.417. The van der Waals surface area contributed by atoms with Crippen molar-refractivity contribution >= 4 is 27.6 Å². The standard InChI is InChI=1S/C12H16ClNO4S/c1-14(9-5-4-8-12(15)16)19(17,18)11-7-3-2-6-10(11)13/h2-3,6-7H,4-5,8-9H2,1H3,(H,15,16). The van der Waals surface area contributed by atoms with Crippen molar-refractivity contribution < 1.29 is 18.3 Å². The molecule has 0 saturated carbocycles. The summed E-state index contributed by atoms with van der Waals surface area (Å²) in [6.07, 6.45) is 0.976. The molecule has 0 saturated heterocycles. The molecule has 1 rings (SSSR count). The van der Waals surface area contributed by atoms with Crippen LogP contribution in [0.25, 0.3) is 0 Å². The summed E-state index contributed by atoms with van der Waals surface area (Å²) < 4.78 is 25.6. The van der Waals surface area contributed by atoms with Crippen LogP contribution in [-0.4, -0.2) is 37.4 Å². The second kappa shape index (κ2) is 6.88. The maximum atomic E-state index is 12.2. The molecule has 0 aliphatic rings. The number of rotatable bonds is 7. The van der Waals surface area contributed by atoms with E-state index in [-0.39, 0.29) is 22.9 Å². The van der Waals surface area contributed by atoms with E-state index in [4.69, 9.17) is 16.7 Å². The van der Waals surface area contributed by atoms with Gasteiger partial charge in [0.25, 0.3) is 0 Å². The van der Waals surface area contributed by atoms with Crippen LogP contribution in [0.3, 0.4) is 0 Å². The number of carbonyl (C=O) groups is 1. The molecule has 0 atom stereocenters. The van der Waals surface area contributed by atoms with Crippen molar-refractivity contribution in [1.82, 2.24) is 4.31 Å². The summed E-state index contributed by atoms with van der Waals surface area (Å²) in [5.74, 6) is -0.878. The molecule has 0 fully saturated rings. The van der Waals surface area contributed by atoms with Crippen molar-refractivity contribution in [3.8, 4) is 0 Å². The molecule has 0 aliphatic heterocycles. The lowest BCUT2D eigenvalue weighted by Gasteiger charge is -2.17. The molecule has 5 nitrogen and oxygen atoms in total. The highest BCUT2D eigenvalue weighted by Gasteiger charge is 2.22. The van der Waals surface area contributed by atoms with Crippen LogP contribution in [0.15, 0.2) is 29.2 Å². The summed E-state index contributed by atoms with van der Waals surface area (Å²) >= 11 is 5.87. The molecule has 1 aromatic rings. The molecule has 0 radical (unpaired) electrons. The number of aliphatic carboxylic acids is 1. The topological polar surface area (TPSA) is 74.7 Å². The first-order valence-electron chi connectivity index (χ1n) is 5.78. The molecule has 7 heteroatoms. The Kier molecular flexibility index (Phi) is 5.78. The van der Waals surface area contributed by atoms with Crippen LogP contribution >= 0.6 is 11.6 Å². The Morgan fingerprint density at radius 2 is 1.95 bits per heavy atom. The highest BCUT2D eigenvalue weighted by atomic mass is 35.5. The molecular weight excluding hydrogens is 290 g/mol. The van der Waals surface area contributed by atoms with Crippen molar-refractivity contribution in [1.29, 1.82) is 0 Å². The normalized spacial score (nSPS) is 11.7. The summed E-state index contributed by atoms with van der Waals surface area (Å²) in [4.78, 5) is 10.4. The van der Waals surface area contributed by atoms with E-state index in [2.05, 4.69) is 0 Å². The van der Waals surface area contributed by atoms with Crippen LogP contribution < -0.4 is 0 Å². The monoisotopic (exact) mass is 305 g/mol. The highest BCUT2D eigenvalue weighted by Crippen LogP contribution is 2.23. The van der Waals surface area contributed by atoms with Gasteiger partial charge >= 0.3 is 5.97 Å². The largest absolute Gasteiger partial charge is 0.481 e. The fourth-order valence-electron chi connectivity index (χ4n) is 1.55. The quantitative estimate of drug-likeness (QED) is 0.784. The number of benzene rings is 1. The number of halogens is 1. The van der Waals surface area contributed by atoms with Crippen molar-refractivity contribution in [2.45, 2.75) is 24.2 Å². The first kappa shape index (κ1) is 15.9. The van der Waals surface area contributed by atoms with Crippen LogP contribution in [-0.2, 0) is 14.8 Å². The maximum Gasteiger partial charge on any atom is 0.303 e. The van der Waals surface area contributed by atoms with E-state index in [1.807, 2.05) is 0 Å². The Morgan fingerprint density at radius 3 is 2.53 bits per heavy atom. The molecule has 0 amide bonds. The number of hydrogen-bond donors (Lipinski definition) is 1. The second-order valence-electron chi connectivity index (χ2n) is 4.11. The molecule has 1 N–H and O–H groups in total. The van der Waals surface area contributed by atoms with Crippen molar-refractivity contribution in [2.24, 2.45) is 0 Å². The van der Waals surface area contributed by atoms with Gasteiger partial charge < -0.3 is 5.11 Å². The first-order valence-corrected chi connectivity index (χ1v) is 7.60. The molecule has 0 heterocycles. The van der Waals surface area contributed by atoms with Crippen LogP contribution in [0.1, 0.15) is 19.3 Å². The minimum absolute atomic E-state index is 0.0416. The Hall–Kier alpha value is -1.11. The van der Waals surface area contributed by atoms with E-state index in [9.17, 15) is 13.2 Å². The van der Waals surface area contributed by atoms with Gasteiger partial charge in [0.15, 0.2) is 0 Å². The van der Waals surface area contributed by atoms with Crippen LogP contribution in [0, 0.1) is 0 Å². The third kappa shape index (κ3) is 4.49. The molecule has 0 unspecified atom stereocenters. The number of sulfonamides is 1. The zero-order chi connectivity index (χ0) is 14.5.